The second-order valence-electron chi connectivity index (χ2n) is 4.20. The van der Waals surface area contributed by atoms with Crippen molar-refractivity contribution in [1.29, 1.82) is 0 Å². The van der Waals surface area contributed by atoms with Crippen molar-refractivity contribution in [3.8, 4) is 0 Å². The molecule has 6 heteroatoms. The summed E-state index contributed by atoms with van der Waals surface area (Å²) in [5.41, 5.74) is 1.40. The standard InChI is InChI=1S/C13H15ClN4O/c1-10-8-18(9-17-10)7-3-6-16-13(19)11-4-2-5-15-12(11)14/h2,4-5,8-9H,3,6-7H2,1H3,(H,16,19). The van der Waals surface area contributed by atoms with Gasteiger partial charge in [0.15, 0.2) is 0 Å². The van der Waals surface area contributed by atoms with Crippen molar-refractivity contribution < 1.29 is 4.79 Å². The summed E-state index contributed by atoms with van der Waals surface area (Å²) in [5, 5.41) is 3.05. The first-order valence-electron chi connectivity index (χ1n) is 6.04. The van der Waals surface area contributed by atoms with Crippen molar-refractivity contribution in [2.75, 3.05) is 6.54 Å². The Kier molecular flexibility index (Phi) is 4.52. The minimum absolute atomic E-state index is 0.195. The Balaban J connectivity index is 1.77. The van der Waals surface area contributed by atoms with E-state index >= 15 is 0 Å². The lowest BCUT2D eigenvalue weighted by molar-refractivity contribution is 0.0952. The number of pyridine rings is 1. The molecule has 5 nitrogen and oxygen atoms in total. The van der Waals surface area contributed by atoms with Gasteiger partial charge in [0.1, 0.15) is 5.15 Å². The van der Waals surface area contributed by atoms with E-state index in [4.69, 9.17) is 11.6 Å². The summed E-state index contributed by atoms with van der Waals surface area (Å²) in [6, 6.07) is 3.35. The predicted octanol–water partition coefficient (Wildman–Crippen LogP) is 2.06. The number of nitrogens with one attached hydrogen (secondary N) is 1. The van der Waals surface area contributed by atoms with Crippen LogP contribution in [0.15, 0.2) is 30.9 Å². The number of rotatable bonds is 5. The fourth-order valence-electron chi connectivity index (χ4n) is 1.71. The first-order valence-corrected chi connectivity index (χ1v) is 6.41. The monoisotopic (exact) mass is 278 g/mol. The molecule has 0 aliphatic rings. The molecule has 0 saturated carbocycles. The Morgan fingerprint density at radius 3 is 3.00 bits per heavy atom. The molecule has 0 bridgehead atoms. The fraction of sp³-hybridized carbons (Fsp3) is 0.308. The molecule has 100 valence electrons. The number of nitrogens with zero attached hydrogens (tertiary/aromatic N) is 3. The first-order chi connectivity index (χ1) is 9.16. The van der Waals surface area contributed by atoms with Gasteiger partial charge in [-0.25, -0.2) is 9.97 Å². The molecule has 19 heavy (non-hydrogen) atoms. The van der Waals surface area contributed by atoms with Gasteiger partial charge >= 0.3 is 0 Å². The molecule has 2 aromatic rings. The Morgan fingerprint density at radius 2 is 2.32 bits per heavy atom. The first kappa shape index (κ1) is 13.5. The van der Waals surface area contributed by atoms with Crippen LogP contribution in [-0.2, 0) is 6.54 Å². The maximum absolute atomic E-state index is 11.8. The van der Waals surface area contributed by atoms with E-state index in [2.05, 4.69) is 15.3 Å². The Bertz CT molecular complexity index is 567. The summed E-state index contributed by atoms with van der Waals surface area (Å²) in [7, 11) is 0. The van der Waals surface area contributed by atoms with E-state index in [9.17, 15) is 4.79 Å². The van der Waals surface area contributed by atoms with Crippen LogP contribution in [0, 0.1) is 6.92 Å². The summed E-state index contributed by atoms with van der Waals surface area (Å²) in [5.74, 6) is -0.195. The molecule has 1 N–H and O–H groups in total. The Labute approximate surface area is 116 Å². The van der Waals surface area contributed by atoms with Gasteiger partial charge in [0, 0.05) is 25.5 Å². The maximum Gasteiger partial charge on any atom is 0.254 e. The van der Waals surface area contributed by atoms with Crippen LogP contribution >= 0.6 is 11.6 Å². The summed E-state index contributed by atoms with van der Waals surface area (Å²) in [4.78, 5) is 19.8. The van der Waals surface area contributed by atoms with E-state index in [1.54, 1.807) is 24.7 Å². The molecule has 0 radical (unpaired) electrons. The van der Waals surface area contributed by atoms with Gasteiger partial charge in [-0.15, -0.1) is 0 Å². The van der Waals surface area contributed by atoms with Gasteiger partial charge in [-0.05, 0) is 25.5 Å². The summed E-state index contributed by atoms with van der Waals surface area (Å²) in [6.45, 7) is 3.35. The second-order valence-corrected chi connectivity index (χ2v) is 4.56. The lowest BCUT2D eigenvalue weighted by atomic mass is 10.2. The van der Waals surface area contributed by atoms with Gasteiger partial charge in [0.25, 0.3) is 5.91 Å². The van der Waals surface area contributed by atoms with Crippen LogP contribution in [0.4, 0.5) is 0 Å². The minimum Gasteiger partial charge on any atom is -0.352 e. The van der Waals surface area contributed by atoms with Crippen molar-refractivity contribution in [2.45, 2.75) is 19.9 Å². The smallest absolute Gasteiger partial charge is 0.254 e. The molecule has 0 aliphatic heterocycles. The van der Waals surface area contributed by atoms with Gasteiger partial charge in [-0.2, -0.15) is 0 Å². The zero-order chi connectivity index (χ0) is 13.7. The highest BCUT2D eigenvalue weighted by atomic mass is 35.5. The molecule has 0 fully saturated rings. The molecule has 2 rings (SSSR count). The third-order valence-corrected chi connectivity index (χ3v) is 2.95. The summed E-state index contributed by atoms with van der Waals surface area (Å²) in [6.07, 6.45) is 6.15. The highest BCUT2D eigenvalue weighted by Gasteiger charge is 2.09. The van der Waals surface area contributed by atoms with Crippen molar-refractivity contribution in [3.05, 3.63) is 47.3 Å². The number of halogens is 1. The Morgan fingerprint density at radius 1 is 1.47 bits per heavy atom. The largest absolute Gasteiger partial charge is 0.352 e. The van der Waals surface area contributed by atoms with E-state index in [0.29, 0.717) is 12.1 Å². The normalized spacial score (nSPS) is 10.4. The molecule has 0 saturated heterocycles. The molecule has 2 heterocycles. The van der Waals surface area contributed by atoms with Crippen LogP contribution in [0.3, 0.4) is 0 Å². The van der Waals surface area contributed by atoms with Gasteiger partial charge in [-0.1, -0.05) is 11.6 Å². The van der Waals surface area contributed by atoms with Crippen molar-refractivity contribution in [3.63, 3.8) is 0 Å². The van der Waals surface area contributed by atoms with E-state index < -0.39 is 0 Å². The number of hydrogen-bond acceptors (Lipinski definition) is 3. The fourth-order valence-corrected chi connectivity index (χ4v) is 1.91. The molecule has 0 atom stereocenters. The van der Waals surface area contributed by atoms with Crippen LogP contribution < -0.4 is 5.32 Å². The lowest BCUT2D eigenvalue weighted by Gasteiger charge is -2.06. The number of imidazole rings is 1. The third kappa shape index (κ3) is 3.79. The minimum atomic E-state index is -0.195. The van der Waals surface area contributed by atoms with Gasteiger partial charge < -0.3 is 9.88 Å². The van der Waals surface area contributed by atoms with E-state index in [-0.39, 0.29) is 11.1 Å². The van der Waals surface area contributed by atoms with Crippen molar-refractivity contribution in [1.82, 2.24) is 19.9 Å². The van der Waals surface area contributed by atoms with Gasteiger partial charge in [0.2, 0.25) is 0 Å². The van der Waals surface area contributed by atoms with Crippen LogP contribution in [0.5, 0.6) is 0 Å². The van der Waals surface area contributed by atoms with Crippen molar-refractivity contribution >= 4 is 17.5 Å². The molecule has 0 spiro atoms. The number of amides is 1. The molecule has 0 unspecified atom stereocenters. The SMILES string of the molecule is Cc1cn(CCCNC(=O)c2cccnc2Cl)cn1. The van der Waals surface area contributed by atoms with Gasteiger partial charge in [-0.3, -0.25) is 4.79 Å². The van der Waals surface area contributed by atoms with E-state index in [1.165, 1.54) is 0 Å². The number of hydrogen-bond donors (Lipinski definition) is 1. The van der Waals surface area contributed by atoms with Crippen LogP contribution in [0.1, 0.15) is 22.5 Å². The van der Waals surface area contributed by atoms with Crippen molar-refractivity contribution in [2.24, 2.45) is 0 Å². The summed E-state index contributed by atoms with van der Waals surface area (Å²) < 4.78 is 2.00. The molecular formula is C13H15ClN4O. The number of aromatic nitrogens is 3. The molecule has 0 aliphatic carbocycles. The second kappa shape index (κ2) is 6.33. The predicted molar refractivity (Wildman–Crippen MR) is 73.2 cm³/mol. The number of aryl methyl sites for hydroxylation is 2. The van der Waals surface area contributed by atoms with E-state index in [0.717, 1.165) is 18.7 Å². The topological polar surface area (TPSA) is 59.8 Å². The third-order valence-electron chi connectivity index (χ3n) is 2.64. The quantitative estimate of drug-likeness (QED) is 0.673. The number of carbonyl (C=O) groups is 1. The highest BCUT2D eigenvalue weighted by molar-refractivity contribution is 6.32. The molecule has 1 amide bonds. The van der Waals surface area contributed by atoms with Crippen LogP contribution in [-0.4, -0.2) is 27.0 Å². The molecule has 2 aromatic heterocycles. The van der Waals surface area contributed by atoms with E-state index in [1.807, 2.05) is 17.7 Å². The zero-order valence-corrected chi connectivity index (χ0v) is 11.4. The highest BCUT2D eigenvalue weighted by Crippen LogP contribution is 2.10. The van der Waals surface area contributed by atoms with Crippen LogP contribution in [0.2, 0.25) is 5.15 Å². The molecular weight excluding hydrogens is 264 g/mol. The molecule has 0 aromatic carbocycles. The summed E-state index contributed by atoms with van der Waals surface area (Å²) >= 11 is 5.85. The Hall–Kier alpha value is -1.88. The maximum atomic E-state index is 11.8. The van der Waals surface area contributed by atoms with Crippen LogP contribution in [0.25, 0.3) is 0 Å². The lowest BCUT2D eigenvalue weighted by Crippen LogP contribution is -2.25. The zero-order valence-electron chi connectivity index (χ0n) is 10.6. The van der Waals surface area contributed by atoms with Gasteiger partial charge in [0.05, 0.1) is 17.6 Å². The number of carbonyl (C=O) groups excluding carboxylic acids is 1. The average molecular weight is 279 g/mol. The average Bonchev–Trinajstić information content (AvgIpc) is 2.81.